The van der Waals surface area contributed by atoms with Gasteiger partial charge in [-0.05, 0) is 26.8 Å². The Morgan fingerprint density at radius 2 is 1.96 bits per heavy atom. The van der Waals surface area contributed by atoms with Crippen LogP contribution in [0.25, 0.3) is 0 Å². The lowest BCUT2D eigenvalue weighted by molar-refractivity contribution is -0.139. The predicted octanol–water partition coefficient (Wildman–Crippen LogP) is 2.94. The number of amides is 2. The molecule has 7 nitrogen and oxygen atoms in total. The van der Waals surface area contributed by atoms with Crippen molar-refractivity contribution < 1.29 is 23.8 Å². The number of esters is 1. The Morgan fingerprint density at radius 1 is 1.24 bits per heavy atom. The third-order valence-corrected chi connectivity index (χ3v) is 3.99. The van der Waals surface area contributed by atoms with Crippen LogP contribution in [0, 0.1) is 0 Å². The van der Waals surface area contributed by atoms with Crippen LogP contribution in [0.3, 0.4) is 0 Å². The molecule has 0 saturated heterocycles. The van der Waals surface area contributed by atoms with Crippen LogP contribution in [0.15, 0.2) is 23.4 Å². The number of urea groups is 1. The quantitative estimate of drug-likeness (QED) is 0.754. The van der Waals surface area contributed by atoms with Crippen LogP contribution in [-0.2, 0) is 9.53 Å². The molecule has 25 heavy (non-hydrogen) atoms. The van der Waals surface area contributed by atoms with Gasteiger partial charge in [0.1, 0.15) is 0 Å². The van der Waals surface area contributed by atoms with Crippen LogP contribution in [0.1, 0.15) is 32.4 Å². The van der Waals surface area contributed by atoms with Crippen molar-refractivity contribution in [1.29, 1.82) is 0 Å². The summed E-state index contributed by atoms with van der Waals surface area (Å²) in [5.41, 5.74) is 1.22. The molecular weight excluding hydrogens is 348 g/mol. The van der Waals surface area contributed by atoms with E-state index in [9.17, 15) is 9.59 Å². The van der Waals surface area contributed by atoms with Crippen molar-refractivity contribution in [3.05, 3.63) is 34.0 Å². The average molecular weight is 369 g/mol. The first-order valence-electron chi connectivity index (χ1n) is 7.88. The number of allylic oxidation sites excluding steroid dienone is 1. The van der Waals surface area contributed by atoms with Gasteiger partial charge in [0.2, 0.25) is 0 Å². The minimum Gasteiger partial charge on any atom is -0.493 e. The summed E-state index contributed by atoms with van der Waals surface area (Å²) >= 11 is 6.37. The second-order valence-corrected chi connectivity index (χ2v) is 5.66. The summed E-state index contributed by atoms with van der Waals surface area (Å²) in [5.74, 6) is 0.412. The molecule has 0 fully saturated rings. The highest BCUT2D eigenvalue weighted by Gasteiger charge is 2.34. The van der Waals surface area contributed by atoms with Crippen LogP contribution in [0.4, 0.5) is 4.79 Å². The van der Waals surface area contributed by atoms with Crippen molar-refractivity contribution in [1.82, 2.24) is 10.6 Å². The average Bonchev–Trinajstić information content (AvgIpc) is 2.55. The zero-order valence-corrected chi connectivity index (χ0v) is 15.3. The van der Waals surface area contributed by atoms with E-state index in [-0.39, 0.29) is 12.2 Å². The van der Waals surface area contributed by atoms with E-state index in [1.165, 1.54) is 7.11 Å². The SMILES string of the molecule is CCOC(=O)C1=C(C)NC(=O)N[C@H]1c1cc(OCC)c(OC)cc1Cl. The maximum Gasteiger partial charge on any atom is 0.338 e. The van der Waals surface area contributed by atoms with Crippen molar-refractivity contribution in [2.24, 2.45) is 0 Å². The van der Waals surface area contributed by atoms with Gasteiger partial charge in [-0.3, -0.25) is 0 Å². The molecule has 1 aromatic carbocycles. The van der Waals surface area contributed by atoms with Crippen molar-refractivity contribution in [3.8, 4) is 11.5 Å². The lowest BCUT2D eigenvalue weighted by atomic mass is 9.95. The Labute approximate surface area is 151 Å². The number of halogens is 1. The first kappa shape index (κ1) is 18.9. The fourth-order valence-corrected chi connectivity index (χ4v) is 2.87. The van der Waals surface area contributed by atoms with E-state index in [0.717, 1.165) is 0 Å². The van der Waals surface area contributed by atoms with Crippen LogP contribution >= 0.6 is 11.6 Å². The highest BCUT2D eigenvalue weighted by Crippen LogP contribution is 2.39. The molecule has 0 aliphatic carbocycles. The van der Waals surface area contributed by atoms with Crippen molar-refractivity contribution in [2.45, 2.75) is 26.8 Å². The number of hydrogen-bond acceptors (Lipinski definition) is 5. The number of methoxy groups -OCH3 is 1. The van der Waals surface area contributed by atoms with Crippen LogP contribution in [0.2, 0.25) is 5.02 Å². The third-order valence-electron chi connectivity index (χ3n) is 3.66. The molecule has 1 aromatic rings. The van der Waals surface area contributed by atoms with Gasteiger partial charge in [0.25, 0.3) is 0 Å². The van der Waals surface area contributed by atoms with E-state index in [2.05, 4.69) is 10.6 Å². The second-order valence-electron chi connectivity index (χ2n) is 5.25. The van der Waals surface area contributed by atoms with Crippen LogP contribution < -0.4 is 20.1 Å². The van der Waals surface area contributed by atoms with E-state index < -0.39 is 18.0 Å². The van der Waals surface area contributed by atoms with Crippen molar-refractivity contribution >= 4 is 23.6 Å². The highest BCUT2D eigenvalue weighted by molar-refractivity contribution is 6.31. The van der Waals surface area contributed by atoms with Crippen LogP contribution in [0.5, 0.6) is 11.5 Å². The largest absolute Gasteiger partial charge is 0.493 e. The fourth-order valence-electron chi connectivity index (χ4n) is 2.61. The van der Waals surface area contributed by atoms with Gasteiger partial charge >= 0.3 is 12.0 Å². The second kappa shape index (κ2) is 8.11. The molecule has 2 amide bonds. The van der Waals surface area contributed by atoms with Crippen molar-refractivity contribution in [3.63, 3.8) is 0 Å². The van der Waals surface area contributed by atoms with E-state index in [4.69, 9.17) is 25.8 Å². The number of carbonyl (C=O) groups is 2. The molecule has 8 heteroatoms. The topological polar surface area (TPSA) is 85.9 Å². The Kier molecular flexibility index (Phi) is 6.14. The fraction of sp³-hybridized carbons (Fsp3) is 0.412. The van der Waals surface area contributed by atoms with Gasteiger partial charge in [-0.15, -0.1) is 0 Å². The molecule has 1 atom stereocenters. The molecule has 1 heterocycles. The van der Waals surface area contributed by atoms with Gasteiger partial charge in [0.05, 0.1) is 37.0 Å². The molecule has 0 saturated carbocycles. The van der Waals surface area contributed by atoms with E-state index in [1.54, 1.807) is 26.0 Å². The molecule has 0 unspecified atom stereocenters. The summed E-state index contributed by atoms with van der Waals surface area (Å²) in [4.78, 5) is 24.3. The maximum absolute atomic E-state index is 12.4. The summed E-state index contributed by atoms with van der Waals surface area (Å²) in [5, 5.41) is 5.63. The van der Waals surface area contributed by atoms with Gasteiger partial charge in [-0.25, -0.2) is 9.59 Å². The summed E-state index contributed by atoms with van der Waals surface area (Å²) in [6.45, 7) is 5.84. The molecule has 136 valence electrons. The lowest BCUT2D eigenvalue weighted by Crippen LogP contribution is -2.45. The predicted molar refractivity (Wildman–Crippen MR) is 92.9 cm³/mol. The van der Waals surface area contributed by atoms with E-state index in [1.807, 2.05) is 6.92 Å². The van der Waals surface area contributed by atoms with E-state index >= 15 is 0 Å². The monoisotopic (exact) mass is 368 g/mol. The molecule has 2 rings (SSSR count). The molecule has 2 N–H and O–H groups in total. The van der Waals surface area contributed by atoms with Gasteiger partial charge in [-0.2, -0.15) is 0 Å². The van der Waals surface area contributed by atoms with Gasteiger partial charge < -0.3 is 24.8 Å². The number of rotatable bonds is 6. The molecule has 0 spiro atoms. The Bertz CT molecular complexity index is 717. The number of benzene rings is 1. The van der Waals surface area contributed by atoms with Crippen molar-refractivity contribution in [2.75, 3.05) is 20.3 Å². The maximum atomic E-state index is 12.4. The van der Waals surface area contributed by atoms with Gasteiger partial charge in [0.15, 0.2) is 11.5 Å². The Balaban J connectivity index is 2.56. The number of carbonyl (C=O) groups excluding carboxylic acids is 2. The van der Waals surface area contributed by atoms with Gasteiger partial charge in [0, 0.05) is 17.3 Å². The molecule has 0 aromatic heterocycles. The summed E-state index contributed by atoms with van der Waals surface area (Å²) < 4.78 is 15.9. The minimum absolute atomic E-state index is 0.219. The smallest absolute Gasteiger partial charge is 0.338 e. The third kappa shape index (κ3) is 3.99. The lowest BCUT2D eigenvalue weighted by Gasteiger charge is -2.29. The molecular formula is C17H21ClN2O5. The molecule has 0 radical (unpaired) electrons. The Morgan fingerprint density at radius 3 is 2.56 bits per heavy atom. The number of nitrogens with one attached hydrogen (secondary N) is 2. The molecule has 0 bridgehead atoms. The summed E-state index contributed by atoms with van der Waals surface area (Å²) in [6.07, 6.45) is 0. The van der Waals surface area contributed by atoms with E-state index in [0.29, 0.717) is 34.4 Å². The number of hydrogen-bond donors (Lipinski definition) is 2. The van der Waals surface area contributed by atoms with Gasteiger partial charge in [-0.1, -0.05) is 11.6 Å². The first-order chi connectivity index (χ1) is 11.9. The molecule has 1 aliphatic rings. The summed E-state index contributed by atoms with van der Waals surface area (Å²) in [6, 6.07) is 2.06. The minimum atomic E-state index is -0.759. The van der Waals surface area contributed by atoms with Crippen LogP contribution in [-0.4, -0.2) is 32.3 Å². The Hall–Kier alpha value is -2.41. The normalized spacial score (nSPS) is 16.8. The highest BCUT2D eigenvalue weighted by atomic mass is 35.5. The molecule has 1 aliphatic heterocycles. The first-order valence-corrected chi connectivity index (χ1v) is 8.26. The zero-order valence-electron chi connectivity index (χ0n) is 14.6. The zero-order chi connectivity index (χ0) is 18.6. The standard InChI is InChI=1S/C17H21ClN2O5/c1-5-24-13-7-10(11(18)8-12(13)23-4)15-14(16(21)25-6-2)9(3)19-17(22)20-15/h7-8,15H,5-6H2,1-4H3,(H2,19,20,22)/t15-/m0/s1. The number of ether oxygens (including phenoxy) is 3. The summed E-state index contributed by atoms with van der Waals surface area (Å²) in [7, 11) is 1.51.